The lowest BCUT2D eigenvalue weighted by Crippen LogP contribution is -2.50. The summed E-state index contributed by atoms with van der Waals surface area (Å²) in [7, 11) is 0. The first kappa shape index (κ1) is 18.3. The number of hydrogen-bond acceptors (Lipinski definition) is 4. The molecule has 5 nitrogen and oxygen atoms in total. The molecule has 2 aliphatic heterocycles. The first-order valence-electron chi connectivity index (χ1n) is 9.06. The number of benzene rings is 1. The summed E-state index contributed by atoms with van der Waals surface area (Å²) < 4.78 is 0. The van der Waals surface area contributed by atoms with Crippen LogP contribution < -0.4 is 0 Å². The highest BCUT2D eigenvalue weighted by Gasteiger charge is 2.33. The standard InChI is InChI=1S/C19H27N3O2S/c1-3-17(23)21-10-7-20(8-11-21)9-12-22-18(24)14-25-19(22)16-6-4-5-15(2)13-16/h4-6,13,19H,3,7-12,14H2,1-2H3/t19-/m0/s1. The third-order valence-corrected chi connectivity index (χ3v) is 6.24. The summed E-state index contributed by atoms with van der Waals surface area (Å²) in [6.45, 7) is 9.04. The van der Waals surface area contributed by atoms with Crippen LogP contribution in [0.25, 0.3) is 0 Å². The van der Waals surface area contributed by atoms with Crippen molar-refractivity contribution in [3.63, 3.8) is 0 Å². The number of rotatable bonds is 5. The van der Waals surface area contributed by atoms with Crippen molar-refractivity contribution in [2.45, 2.75) is 25.6 Å². The Labute approximate surface area is 154 Å². The minimum atomic E-state index is 0.135. The van der Waals surface area contributed by atoms with E-state index >= 15 is 0 Å². The van der Waals surface area contributed by atoms with Crippen molar-refractivity contribution in [1.82, 2.24) is 14.7 Å². The van der Waals surface area contributed by atoms with Crippen LogP contribution in [-0.4, -0.2) is 71.5 Å². The second-order valence-electron chi connectivity index (χ2n) is 6.74. The molecule has 136 valence electrons. The number of aryl methyl sites for hydroxylation is 1. The van der Waals surface area contributed by atoms with Crippen LogP contribution in [-0.2, 0) is 9.59 Å². The van der Waals surface area contributed by atoms with Gasteiger partial charge in [-0.05, 0) is 12.5 Å². The van der Waals surface area contributed by atoms with Crippen LogP contribution in [0.3, 0.4) is 0 Å². The molecule has 1 atom stereocenters. The van der Waals surface area contributed by atoms with E-state index in [2.05, 4.69) is 36.1 Å². The molecule has 3 rings (SSSR count). The van der Waals surface area contributed by atoms with Gasteiger partial charge in [0.15, 0.2) is 0 Å². The zero-order chi connectivity index (χ0) is 17.8. The summed E-state index contributed by atoms with van der Waals surface area (Å²) in [5.41, 5.74) is 2.45. The second kappa shape index (κ2) is 8.23. The lowest BCUT2D eigenvalue weighted by Gasteiger charge is -2.36. The molecule has 6 heteroatoms. The third kappa shape index (κ3) is 4.36. The molecule has 0 radical (unpaired) electrons. The van der Waals surface area contributed by atoms with Crippen molar-refractivity contribution in [1.29, 1.82) is 0 Å². The number of nitrogens with zero attached hydrogens (tertiary/aromatic N) is 3. The van der Waals surface area contributed by atoms with E-state index < -0.39 is 0 Å². The second-order valence-corrected chi connectivity index (χ2v) is 7.81. The molecule has 1 aromatic rings. The molecule has 0 bridgehead atoms. The van der Waals surface area contributed by atoms with Crippen LogP contribution in [0.1, 0.15) is 29.8 Å². The summed E-state index contributed by atoms with van der Waals surface area (Å²) in [4.78, 5) is 30.4. The molecule has 2 fully saturated rings. The number of piperazine rings is 1. The molecular formula is C19H27N3O2S. The van der Waals surface area contributed by atoms with E-state index in [-0.39, 0.29) is 17.2 Å². The maximum atomic E-state index is 12.3. The SMILES string of the molecule is CCC(=O)N1CCN(CCN2C(=O)CS[C@H]2c2cccc(C)c2)CC1. The maximum Gasteiger partial charge on any atom is 0.233 e. The van der Waals surface area contributed by atoms with Crippen molar-refractivity contribution >= 4 is 23.6 Å². The number of thioether (sulfide) groups is 1. The average Bonchev–Trinajstić information content (AvgIpc) is 3.00. The van der Waals surface area contributed by atoms with Crippen molar-refractivity contribution in [2.24, 2.45) is 0 Å². The molecule has 0 N–H and O–H groups in total. The number of carbonyl (C=O) groups excluding carboxylic acids is 2. The van der Waals surface area contributed by atoms with Gasteiger partial charge in [-0.2, -0.15) is 0 Å². The van der Waals surface area contributed by atoms with E-state index in [1.807, 2.05) is 16.7 Å². The molecule has 2 saturated heterocycles. The van der Waals surface area contributed by atoms with Gasteiger partial charge in [-0.1, -0.05) is 36.8 Å². The van der Waals surface area contributed by atoms with Gasteiger partial charge in [0.05, 0.1) is 5.75 Å². The zero-order valence-electron chi connectivity index (χ0n) is 15.1. The Balaban J connectivity index is 1.55. The van der Waals surface area contributed by atoms with Crippen molar-refractivity contribution in [2.75, 3.05) is 45.0 Å². The van der Waals surface area contributed by atoms with Crippen LogP contribution in [0, 0.1) is 6.92 Å². The number of amides is 2. The van der Waals surface area contributed by atoms with E-state index in [1.165, 1.54) is 11.1 Å². The van der Waals surface area contributed by atoms with Gasteiger partial charge in [-0.15, -0.1) is 11.8 Å². The summed E-state index contributed by atoms with van der Waals surface area (Å²) in [6.07, 6.45) is 0.581. The fraction of sp³-hybridized carbons (Fsp3) is 0.579. The molecule has 0 unspecified atom stereocenters. The fourth-order valence-corrected chi connectivity index (χ4v) is 4.70. The fourth-order valence-electron chi connectivity index (χ4n) is 3.49. The van der Waals surface area contributed by atoms with Gasteiger partial charge < -0.3 is 9.80 Å². The average molecular weight is 362 g/mol. The smallest absolute Gasteiger partial charge is 0.233 e. The monoisotopic (exact) mass is 361 g/mol. The van der Waals surface area contributed by atoms with Gasteiger partial charge in [0.25, 0.3) is 0 Å². The predicted octanol–water partition coefficient (Wildman–Crippen LogP) is 2.12. The van der Waals surface area contributed by atoms with Crippen LogP contribution >= 0.6 is 11.8 Å². The van der Waals surface area contributed by atoms with Crippen molar-refractivity contribution in [3.8, 4) is 0 Å². The Morgan fingerprint density at radius 1 is 1.20 bits per heavy atom. The molecular weight excluding hydrogens is 334 g/mol. The van der Waals surface area contributed by atoms with Gasteiger partial charge in [0.1, 0.15) is 5.37 Å². The first-order valence-corrected chi connectivity index (χ1v) is 10.1. The highest BCUT2D eigenvalue weighted by molar-refractivity contribution is 8.00. The molecule has 0 saturated carbocycles. The summed E-state index contributed by atoms with van der Waals surface area (Å²) in [5, 5.41) is 0.135. The van der Waals surface area contributed by atoms with E-state index in [0.717, 1.165) is 39.3 Å². The number of hydrogen-bond donors (Lipinski definition) is 0. The van der Waals surface area contributed by atoms with E-state index in [9.17, 15) is 9.59 Å². The van der Waals surface area contributed by atoms with E-state index in [4.69, 9.17) is 0 Å². The van der Waals surface area contributed by atoms with E-state index in [1.54, 1.807) is 11.8 Å². The number of carbonyl (C=O) groups is 2. The van der Waals surface area contributed by atoms with Crippen LogP contribution in [0.2, 0.25) is 0 Å². The normalized spacial score (nSPS) is 21.8. The molecule has 25 heavy (non-hydrogen) atoms. The summed E-state index contributed by atoms with van der Waals surface area (Å²) in [5.74, 6) is 1.04. The molecule has 2 amide bonds. The summed E-state index contributed by atoms with van der Waals surface area (Å²) >= 11 is 1.72. The van der Waals surface area contributed by atoms with Crippen LogP contribution in [0.5, 0.6) is 0 Å². The van der Waals surface area contributed by atoms with E-state index in [0.29, 0.717) is 12.2 Å². The lowest BCUT2D eigenvalue weighted by molar-refractivity contribution is -0.132. The molecule has 2 aliphatic rings. The molecule has 2 heterocycles. The predicted molar refractivity (Wildman–Crippen MR) is 101 cm³/mol. The lowest BCUT2D eigenvalue weighted by atomic mass is 10.1. The third-order valence-electron chi connectivity index (χ3n) is 4.98. The van der Waals surface area contributed by atoms with Crippen LogP contribution in [0.15, 0.2) is 24.3 Å². The Kier molecular flexibility index (Phi) is 6.02. The minimum Gasteiger partial charge on any atom is -0.340 e. The Morgan fingerprint density at radius 3 is 2.64 bits per heavy atom. The topological polar surface area (TPSA) is 43.9 Å². The Hall–Kier alpha value is -1.53. The largest absolute Gasteiger partial charge is 0.340 e. The Morgan fingerprint density at radius 2 is 1.96 bits per heavy atom. The summed E-state index contributed by atoms with van der Waals surface area (Å²) in [6, 6.07) is 8.45. The molecule has 0 aromatic heterocycles. The van der Waals surface area contributed by atoms with Gasteiger partial charge in [0, 0.05) is 45.7 Å². The maximum absolute atomic E-state index is 12.3. The van der Waals surface area contributed by atoms with Crippen LogP contribution in [0.4, 0.5) is 0 Å². The van der Waals surface area contributed by atoms with Crippen molar-refractivity contribution in [3.05, 3.63) is 35.4 Å². The first-order chi connectivity index (χ1) is 12.1. The molecule has 0 spiro atoms. The molecule has 1 aromatic carbocycles. The highest BCUT2D eigenvalue weighted by Crippen LogP contribution is 2.38. The Bertz CT molecular complexity index is 629. The van der Waals surface area contributed by atoms with Gasteiger partial charge in [-0.3, -0.25) is 14.5 Å². The van der Waals surface area contributed by atoms with Crippen molar-refractivity contribution < 1.29 is 9.59 Å². The minimum absolute atomic E-state index is 0.135. The zero-order valence-corrected chi connectivity index (χ0v) is 15.9. The molecule has 0 aliphatic carbocycles. The quantitative estimate of drug-likeness (QED) is 0.806. The van der Waals surface area contributed by atoms with Gasteiger partial charge >= 0.3 is 0 Å². The van der Waals surface area contributed by atoms with Gasteiger partial charge in [0.2, 0.25) is 11.8 Å². The highest BCUT2D eigenvalue weighted by atomic mass is 32.2. The van der Waals surface area contributed by atoms with Gasteiger partial charge in [-0.25, -0.2) is 0 Å².